The van der Waals surface area contributed by atoms with Gasteiger partial charge < -0.3 is 4.74 Å². The maximum Gasteiger partial charge on any atom is 0.307 e. The van der Waals surface area contributed by atoms with Crippen LogP contribution in [0.15, 0.2) is 0 Å². The molecule has 124 valence electrons. The van der Waals surface area contributed by atoms with Gasteiger partial charge in [-0.1, -0.05) is 58.3 Å². The quantitative estimate of drug-likeness (QED) is 0.414. The average Bonchev–Trinajstić information content (AvgIpc) is 2.51. The molecule has 3 nitrogen and oxygen atoms in total. The van der Waals surface area contributed by atoms with Gasteiger partial charge >= 0.3 is 5.97 Å². The highest BCUT2D eigenvalue weighted by atomic mass is 16.5. The van der Waals surface area contributed by atoms with Crippen LogP contribution < -0.4 is 0 Å². The molecular weight excluding hydrogens is 262 g/mol. The van der Waals surface area contributed by atoms with E-state index in [1.54, 1.807) is 0 Å². The topological polar surface area (TPSA) is 29.5 Å². The van der Waals surface area contributed by atoms with Crippen molar-refractivity contribution in [3.8, 4) is 0 Å². The van der Waals surface area contributed by atoms with Crippen molar-refractivity contribution in [2.24, 2.45) is 0 Å². The molecule has 0 N–H and O–H groups in total. The molecule has 1 fully saturated rings. The van der Waals surface area contributed by atoms with E-state index in [9.17, 15) is 4.79 Å². The fraction of sp³-hybridized carbons (Fsp3) is 0.944. The third-order valence-electron chi connectivity index (χ3n) is 4.68. The third kappa shape index (κ3) is 8.45. The Hall–Kier alpha value is -0.570. The first-order chi connectivity index (χ1) is 10.3. The minimum atomic E-state index is -0.0529. The van der Waals surface area contributed by atoms with Crippen LogP contribution in [0.3, 0.4) is 0 Å². The number of hydrogen-bond donors (Lipinski definition) is 0. The first-order valence-electron chi connectivity index (χ1n) is 9.08. The SMILES string of the molecule is CCCCCCCCCCN1CCCCC1CC(=O)OC. The summed E-state index contributed by atoms with van der Waals surface area (Å²) in [7, 11) is 1.49. The third-order valence-corrected chi connectivity index (χ3v) is 4.68. The van der Waals surface area contributed by atoms with Gasteiger partial charge in [-0.25, -0.2) is 0 Å². The molecule has 0 aromatic carbocycles. The highest BCUT2D eigenvalue weighted by Crippen LogP contribution is 2.21. The highest BCUT2D eigenvalue weighted by molar-refractivity contribution is 5.69. The minimum Gasteiger partial charge on any atom is -0.469 e. The minimum absolute atomic E-state index is 0.0529. The molecule has 1 heterocycles. The zero-order valence-corrected chi connectivity index (χ0v) is 14.2. The van der Waals surface area contributed by atoms with Crippen LogP contribution in [0.5, 0.6) is 0 Å². The van der Waals surface area contributed by atoms with E-state index in [0.29, 0.717) is 12.5 Å². The Balaban J connectivity index is 2.09. The van der Waals surface area contributed by atoms with E-state index in [2.05, 4.69) is 11.8 Å². The van der Waals surface area contributed by atoms with Gasteiger partial charge in [0.05, 0.1) is 13.5 Å². The number of esters is 1. The molecule has 0 amide bonds. The molecule has 1 saturated heterocycles. The van der Waals surface area contributed by atoms with Crippen molar-refractivity contribution in [3.05, 3.63) is 0 Å². The predicted octanol–water partition coefficient (Wildman–Crippen LogP) is 4.54. The Labute approximate surface area is 131 Å². The van der Waals surface area contributed by atoms with Crippen molar-refractivity contribution in [1.29, 1.82) is 0 Å². The molecule has 0 saturated carbocycles. The van der Waals surface area contributed by atoms with Gasteiger partial charge in [-0.05, 0) is 32.4 Å². The Kier molecular flexibility index (Phi) is 10.6. The molecule has 0 aromatic heterocycles. The summed E-state index contributed by atoms with van der Waals surface area (Å²) < 4.78 is 4.83. The van der Waals surface area contributed by atoms with Gasteiger partial charge in [-0.2, -0.15) is 0 Å². The smallest absolute Gasteiger partial charge is 0.307 e. The van der Waals surface area contributed by atoms with Crippen LogP contribution >= 0.6 is 0 Å². The summed E-state index contributed by atoms with van der Waals surface area (Å²) >= 11 is 0. The lowest BCUT2D eigenvalue weighted by Gasteiger charge is -2.35. The van der Waals surface area contributed by atoms with Crippen LogP contribution in [0.1, 0.15) is 84.0 Å². The maximum absolute atomic E-state index is 11.5. The van der Waals surface area contributed by atoms with Gasteiger partial charge in [-0.15, -0.1) is 0 Å². The van der Waals surface area contributed by atoms with Crippen LogP contribution in [-0.4, -0.2) is 37.1 Å². The van der Waals surface area contributed by atoms with E-state index in [1.165, 1.54) is 71.3 Å². The van der Waals surface area contributed by atoms with Gasteiger partial charge in [0.2, 0.25) is 0 Å². The Morgan fingerprint density at radius 3 is 2.38 bits per heavy atom. The number of piperidine rings is 1. The van der Waals surface area contributed by atoms with Crippen LogP contribution in [0.2, 0.25) is 0 Å². The summed E-state index contributed by atoms with van der Waals surface area (Å²) in [5.74, 6) is -0.0529. The number of methoxy groups -OCH3 is 1. The van der Waals surface area contributed by atoms with E-state index >= 15 is 0 Å². The predicted molar refractivity (Wildman–Crippen MR) is 88.5 cm³/mol. The molecule has 3 heteroatoms. The second-order valence-corrected chi connectivity index (χ2v) is 6.44. The number of nitrogens with zero attached hydrogens (tertiary/aromatic N) is 1. The van der Waals surface area contributed by atoms with E-state index in [1.807, 2.05) is 0 Å². The van der Waals surface area contributed by atoms with Crippen LogP contribution in [-0.2, 0) is 9.53 Å². The fourth-order valence-corrected chi connectivity index (χ4v) is 3.31. The molecule has 1 rings (SSSR count). The Morgan fingerprint density at radius 1 is 1.05 bits per heavy atom. The van der Waals surface area contributed by atoms with Crippen molar-refractivity contribution in [3.63, 3.8) is 0 Å². The molecule has 1 atom stereocenters. The summed E-state index contributed by atoms with van der Waals surface area (Å²) in [6.07, 6.45) is 15.2. The van der Waals surface area contributed by atoms with Gasteiger partial charge in [0.25, 0.3) is 0 Å². The average molecular weight is 297 g/mol. The van der Waals surface area contributed by atoms with Gasteiger partial charge in [0.1, 0.15) is 0 Å². The molecule has 1 unspecified atom stereocenters. The van der Waals surface area contributed by atoms with E-state index in [4.69, 9.17) is 4.74 Å². The van der Waals surface area contributed by atoms with E-state index in [0.717, 1.165) is 19.5 Å². The molecule has 0 aromatic rings. The summed E-state index contributed by atoms with van der Waals surface area (Å²) in [5, 5.41) is 0. The maximum atomic E-state index is 11.5. The number of carbonyl (C=O) groups excluding carboxylic acids is 1. The lowest BCUT2D eigenvalue weighted by Crippen LogP contribution is -2.41. The van der Waals surface area contributed by atoms with Gasteiger partial charge in [0, 0.05) is 6.04 Å². The number of ether oxygens (including phenoxy) is 1. The number of likely N-dealkylation sites (tertiary alicyclic amines) is 1. The molecular formula is C18H35NO2. The fourth-order valence-electron chi connectivity index (χ4n) is 3.31. The number of unbranched alkanes of at least 4 members (excludes halogenated alkanes) is 7. The lowest BCUT2D eigenvalue weighted by molar-refractivity contribution is -0.142. The van der Waals surface area contributed by atoms with Gasteiger partial charge in [0.15, 0.2) is 0 Å². The molecule has 1 aliphatic heterocycles. The highest BCUT2D eigenvalue weighted by Gasteiger charge is 2.24. The summed E-state index contributed by atoms with van der Waals surface area (Å²) in [6, 6.07) is 0.427. The van der Waals surface area contributed by atoms with E-state index < -0.39 is 0 Å². The monoisotopic (exact) mass is 297 g/mol. The lowest BCUT2D eigenvalue weighted by atomic mass is 9.98. The molecule has 1 aliphatic rings. The number of rotatable bonds is 11. The Bertz CT molecular complexity index is 268. The molecule has 0 bridgehead atoms. The van der Waals surface area contributed by atoms with Crippen molar-refractivity contribution < 1.29 is 9.53 Å². The first kappa shape index (κ1) is 18.5. The van der Waals surface area contributed by atoms with E-state index in [-0.39, 0.29) is 5.97 Å². The van der Waals surface area contributed by atoms with Crippen LogP contribution in [0.25, 0.3) is 0 Å². The first-order valence-corrected chi connectivity index (χ1v) is 9.08. The summed E-state index contributed by atoms with van der Waals surface area (Å²) in [4.78, 5) is 14.0. The second kappa shape index (κ2) is 12.0. The zero-order chi connectivity index (χ0) is 15.3. The molecule has 0 aliphatic carbocycles. The molecule has 21 heavy (non-hydrogen) atoms. The van der Waals surface area contributed by atoms with Crippen LogP contribution in [0.4, 0.5) is 0 Å². The summed E-state index contributed by atoms with van der Waals surface area (Å²) in [6.45, 7) is 4.60. The van der Waals surface area contributed by atoms with Crippen molar-refractivity contribution >= 4 is 5.97 Å². The van der Waals surface area contributed by atoms with Crippen molar-refractivity contribution in [2.45, 2.75) is 90.0 Å². The van der Waals surface area contributed by atoms with Crippen molar-refractivity contribution in [1.82, 2.24) is 4.90 Å². The van der Waals surface area contributed by atoms with Crippen molar-refractivity contribution in [2.75, 3.05) is 20.2 Å². The summed E-state index contributed by atoms with van der Waals surface area (Å²) in [5.41, 5.74) is 0. The number of hydrogen-bond acceptors (Lipinski definition) is 3. The number of carbonyl (C=O) groups is 1. The molecule has 0 spiro atoms. The second-order valence-electron chi connectivity index (χ2n) is 6.44. The van der Waals surface area contributed by atoms with Crippen LogP contribution in [0, 0.1) is 0 Å². The standard InChI is InChI=1S/C18H35NO2/c1-3-4-5-6-7-8-9-11-14-19-15-12-10-13-17(19)16-18(20)21-2/h17H,3-16H2,1-2H3. The van der Waals surface area contributed by atoms with Gasteiger partial charge in [-0.3, -0.25) is 9.69 Å². The zero-order valence-electron chi connectivity index (χ0n) is 14.2. The normalized spacial score (nSPS) is 19.6. The Morgan fingerprint density at radius 2 is 1.71 bits per heavy atom. The molecule has 0 radical (unpaired) electrons. The largest absolute Gasteiger partial charge is 0.469 e.